The van der Waals surface area contributed by atoms with Gasteiger partial charge in [-0.05, 0) is 56.2 Å². The van der Waals surface area contributed by atoms with E-state index >= 15 is 0 Å². The van der Waals surface area contributed by atoms with Crippen LogP contribution in [0.3, 0.4) is 0 Å². The zero-order valence-corrected chi connectivity index (χ0v) is 28.5. The van der Waals surface area contributed by atoms with Gasteiger partial charge in [-0.1, -0.05) is 51.4 Å². The highest BCUT2D eigenvalue weighted by atomic mass is 35.5. The number of aromatic nitrogens is 3. The van der Waals surface area contributed by atoms with Crippen LogP contribution in [0, 0.1) is 5.92 Å². The van der Waals surface area contributed by atoms with Crippen LogP contribution in [0.5, 0.6) is 0 Å². The van der Waals surface area contributed by atoms with E-state index in [-0.39, 0.29) is 35.9 Å². The van der Waals surface area contributed by atoms with Gasteiger partial charge in [0.25, 0.3) is 12.0 Å². The number of halogens is 1. The van der Waals surface area contributed by atoms with E-state index in [9.17, 15) is 9.59 Å². The molecule has 2 atom stereocenters. The maximum Gasteiger partial charge on any atom is 0.290 e. The van der Waals surface area contributed by atoms with Crippen molar-refractivity contribution in [3.63, 3.8) is 0 Å². The molecule has 11 nitrogen and oxygen atoms in total. The lowest BCUT2D eigenvalue weighted by Crippen LogP contribution is -2.51. The van der Waals surface area contributed by atoms with Crippen LogP contribution in [0.15, 0.2) is 45.7 Å². The second-order valence-corrected chi connectivity index (χ2v) is 12.5. The Morgan fingerprint density at radius 1 is 1.19 bits per heavy atom. The molecule has 2 fully saturated rings. The molecule has 12 heteroatoms. The Morgan fingerprint density at radius 3 is 2.64 bits per heavy atom. The summed E-state index contributed by atoms with van der Waals surface area (Å²) in [5, 5.41) is 8.42. The Hall–Kier alpha value is -3.96. The van der Waals surface area contributed by atoms with Crippen molar-refractivity contribution in [2.45, 2.75) is 71.6 Å². The summed E-state index contributed by atoms with van der Waals surface area (Å²) < 4.78 is 12.0. The Balaban J connectivity index is 0.000000947. The molecule has 0 aliphatic carbocycles. The Morgan fingerprint density at radius 2 is 1.91 bits per heavy atom. The lowest BCUT2D eigenvalue weighted by molar-refractivity contribution is -0.139. The first-order chi connectivity index (χ1) is 22.7. The average Bonchev–Trinajstić information content (AvgIpc) is 3.75. The molecule has 2 N–H and O–H groups in total. The van der Waals surface area contributed by atoms with E-state index in [2.05, 4.69) is 29.8 Å². The Labute approximate surface area is 280 Å². The van der Waals surface area contributed by atoms with E-state index in [0.717, 1.165) is 78.9 Å². The molecule has 0 spiro atoms. The number of unbranched alkanes of at least 4 members (excludes halogenated alkanes) is 1. The fourth-order valence-corrected chi connectivity index (χ4v) is 6.52. The molecule has 2 aliphatic heterocycles. The Kier molecular flexibility index (Phi) is 12.8. The van der Waals surface area contributed by atoms with Gasteiger partial charge >= 0.3 is 0 Å². The minimum absolute atomic E-state index is 0.0141. The zero-order chi connectivity index (χ0) is 34.0. The number of ether oxygens (including phenoxy) is 1. The number of pyridine rings is 1. The molecular weight excluding hydrogens is 622 g/mol. The van der Waals surface area contributed by atoms with E-state index in [1.165, 1.54) is 6.20 Å². The number of aromatic amines is 1. The lowest BCUT2D eigenvalue weighted by atomic mass is 9.68. The fraction of sp³-hybridized carbons (Fsp3) is 0.514. The molecule has 1 aromatic carbocycles. The number of rotatable bonds is 9. The number of aryl methyl sites for hydroxylation is 1. The first-order valence-corrected chi connectivity index (χ1v) is 16.9. The molecule has 2 saturated heterocycles. The second kappa shape index (κ2) is 16.7. The van der Waals surface area contributed by atoms with Gasteiger partial charge < -0.3 is 29.0 Å². The van der Waals surface area contributed by atoms with Gasteiger partial charge in [0.05, 0.1) is 5.02 Å². The van der Waals surface area contributed by atoms with Crippen molar-refractivity contribution < 1.29 is 23.8 Å². The molecule has 2 aliphatic rings. The number of furan rings is 1. The topological polar surface area (TPSA) is 142 Å². The van der Waals surface area contributed by atoms with Gasteiger partial charge in [0.1, 0.15) is 23.5 Å². The van der Waals surface area contributed by atoms with E-state index in [4.69, 9.17) is 40.6 Å². The van der Waals surface area contributed by atoms with Gasteiger partial charge in [0, 0.05) is 61.8 Å². The molecule has 1 amide bonds. The van der Waals surface area contributed by atoms with Crippen LogP contribution in [0.4, 0.5) is 5.82 Å². The van der Waals surface area contributed by atoms with Gasteiger partial charge in [-0.25, -0.2) is 9.97 Å². The summed E-state index contributed by atoms with van der Waals surface area (Å²) in [6.07, 6.45) is 6.94. The van der Waals surface area contributed by atoms with Crippen molar-refractivity contribution >= 4 is 51.9 Å². The SMILES string of the molecule is CC.CC1CN(C(=O)COCCCCc2nc(N3CCCC3)c3oc4ccccc4c3n2)CCC1(C)c1cc(Cl)c[nH]c1=O.O=CO. The molecule has 5 heterocycles. The quantitative estimate of drug-likeness (QED) is 0.157. The third kappa shape index (κ3) is 8.31. The highest BCUT2D eigenvalue weighted by Crippen LogP contribution is 2.38. The predicted octanol–water partition coefficient (Wildman–Crippen LogP) is 6.21. The summed E-state index contributed by atoms with van der Waals surface area (Å²) in [7, 11) is 0. The van der Waals surface area contributed by atoms with E-state index in [1.807, 2.05) is 36.9 Å². The normalized spacial score (nSPS) is 19.2. The molecule has 0 bridgehead atoms. The van der Waals surface area contributed by atoms with Crippen molar-refractivity contribution in [1.82, 2.24) is 19.9 Å². The van der Waals surface area contributed by atoms with Crippen LogP contribution >= 0.6 is 11.6 Å². The molecule has 254 valence electrons. The number of anilines is 1. The lowest BCUT2D eigenvalue weighted by Gasteiger charge is -2.44. The maximum atomic E-state index is 12.9. The third-order valence-electron chi connectivity index (χ3n) is 9.14. The van der Waals surface area contributed by atoms with Gasteiger partial charge in [-0.2, -0.15) is 0 Å². The van der Waals surface area contributed by atoms with Crippen molar-refractivity contribution in [3.8, 4) is 0 Å². The van der Waals surface area contributed by atoms with E-state index < -0.39 is 0 Å². The van der Waals surface area contributed by atoms with Gasteiger partial charge in [0.15, 0.2) is 11.4 Å². The number of carboxylic acid groups (broad SMARTS) is 1. The molecule has 0 saturated carbocycles. The number of H-pyrrole nitrogens is 1. The molecule has 0 radical (unpaired) electrons. The predicted molar refractivity (Wildman–Crippen MR) is 184 cm³/mol. The van der Waals surface area contributed by atoms with Crippen molar-refractivity contribution in [2.75, 3.05) is 44.3 Å². The molecule has 3 aromatic heterocycles. The van der Waals surface area contributed by atoms with Gasteiger partial charge in [-0.15, -0.1) is 0 Å². The summed E-state index contributed by atoms with van der Waals surface area (Å²) in [5.74, 6) is 1.80. The van der Waals surface area contributed by atoms with Gasteiger partial charge in [-0.3, -0.25) is 14.4 Å². The Bertz CT molecular complexity index is 1700. The zero-order valence-electron chi connectivity index (χ0n) is 27.8. The standard InChI is InChI=1S/C32H38ClN5O4.C2H6.CH2O2/c1-21-19-38(15-12-32(21,2)24-17-22(33)18-34-31(24)40)27(39)20-41-16-8-5-11-26-35-28-23-9-3-4-10-25(23)42-29(28)30(36-26)37-13-6-7-14-37;1-2;2-1-3/h3-4,9-10,17-18,21H,5-8,11-16,19-20H2,1-2H3,(H,34,40);1-2H3;1H,(H,2,3). The molecule has 4 aromatic rings. The minimum Gasteiger partial charge on any atom is -0.483 e. The highest BCUT2D eigenvalue weighted by Gasteiger charge is 2.41. The number of hydrogen-bond acceptors (Lipinski definition) is 8. The smallest absolute Gasteiger partial charge is 0.290 e. The van der Waals surface area contributed by atoms with E-state index in [1.54, 1.807) is 6.07 Å². The summed E-state index contributed by atoms with van der Waals surface area (Å²) in [5.41, 5.74) is 2.71. The number of carbonyl (C=O) groups excluding carboxylic acids is 1. The number of piperidine rings is 1. The number of benzene rings is 1. The number of likely N-dealkylation sites (tertiary alicyclic amines) is 1. The van der Waals surface area contributed by atoms with Gasteiger partial charge in [0.2, 0.25) is 5.91 Å². The van der Waals surface area contributed by atoms with Crippen molar-refractivity contribution in [1.29, 1.82) is 0 Å². The monoisotopic (exact) mass is 667 g/mol. The summed E-state index contributed by atoms with van der Waals surface area (Å²) in [6.45, 7) is 11.6. The van der Waals surface area contributed by atoms with E-state index in [0.29, 0.717) is 36.7 Å². The first kappa shape index (κ1) is 35.9. The van der Waals surface area contributed by atoms with Crippen LogP contribution in [-0.4, -0.2) is 76.7 Å². The second-order valence-electron chi connectivity index (χ2n) is 12.0. The first-order valence-electron chi connectivity index (χ1n) is 16.5. The molecular formula is C35H46ClN5O6. The number of nitrogens with one attached hydrogen (secondary N) is 1. The van der Waals surface area contributed by atoms with Crippen molar-refractivity contribution in [3.05, 3.63) is 63.3 Å². The fourth-order valence-electron chi connectivity index (χ4n) is 6.36. The number of carbonyl (C=O) groups is 2. The van der Waals surface area contributed by atoms with Crippen LogP contribution in [0.25, 0.3) is 22.1 Å². The summed E-state index contributed by atoms with van der Waals surface area (Å²) >= 11 is 6.16. The maximum absolute atomic E-state index is 12.9. The minimum atomic E-state index is -0.349. The van der Waals surface area contributed by atoms with Crippen LogP contribution < -0.4 is 10.5 Å². The molecule has 6 rings (SSSR count). The third-order valence-corrected chi connectivity index (χ3v) is 9.36. The molecule has 47 heavy (non-hydrogen) atoms. The number of amides is 1. The van der Waals surface area contributed by atoms with Crippen molar-refractivity contribution in [2.24, 2.45) is 5.92 Å². The molecule has 2 unspecified atom stereocenters. The summed E-state index contributed by atoms with van der Waals surface area (Å²) in [6, 6.07) is 9.78. The number of fused-ring (bicyclic) bond motifs is 3. The van der Waals surface area contributed by atoms with Crippen LogP contribution in [-0.2, 0) is 26.2 Å². The largest absolute Gasteiger partial charge is 0.483 e. The van der Waals surface area contributed by atoms with Crippen LogP contribution in [0.1, 0.15) is 71.2 Å². The highest BCUT2D eigenvalue weighted by molar-refractivity contribution is 6.30. The number of nitrogens with zero attached hydrogens (tertiary/aromatic N) is 4. The average molecular weight is 668 g/mol. The number of hydrogen-bond donors (Lipinski definition) is 2. The summed E-state index contributed by atoms with van der Waals surface area (Å²) in [4.78, 5) is 50.5. The number of para-hydroxylation sites is 1. The van der Waals surface area contributed by atoms with Crippen LogP contribution in [0.2, 0.25) is 5.02 Å².